The third kappa shape index (κ3) is 4.58. The van der Waals surface area contributed by atoms with Gasteiger partial charge in [0.2, 0.25) is 0 Å². The molecule has 0 saturated carbocycles. The molecule has 0 bridgehead atoms. The summed E-state index contributed by atoms with van der Waals surface area (Å²) in [5, 5.41) is 0. The third-order valence-corrected chi connectivity index (χ3v) is 7.40. The lowest BCUT2D eigenvalue weighted by Crippen LogP contribution is -1.90. The average molecular weight is 487 g/mol. The predicted molar refractivity (Wildman–Crippen MR) is 163 cm³/mol. The largest absolute Gasteiger partial charge is 0.0620 e. The lowest BCUT2D eigenvalue weighted by molar-refractivity contribution is 1.45. The molecule has 0 unspecified atom stereocenters. The van der Waals surface area contributed by atoms with Crippen LogP contribution in [0.1, 0.15) is 11.1 Å². The lowest BCUT2D eigenvalue weighted by atomic mass is 9.87. The van der Waals surface area contributed by atoms with Crippen molar-refractivity contribution in [2.45, 2.75) is 13.8 Å². The molecule has 0 aromatic heterocycles. The van der Waals surface area contributed by atoms with Crippen molar-refractivity contribution in [2.75, 3.05) is 0 Å². The molecule has 0 aliphatic carbocycles. The Morgan fingerprint density at radius 1 is 0.263 bits per heavy atom. The van der Waals surface area contributed by atoms with Crippen LogP contribution in [0.3, 0.4) is 0 Å². The highest BCUT2D eigenvalue weighted by Gasteiger charge is 2.14. The molecule has 0 aliphatic heterocycles. The van der Waals surface area contributed by atoms with Gasteiger partial charge in [0.15, 0.2) is 0 Å². The Labute approximate surface area is 225 Å². The normalized spacial score (nSPS) is 10.9. The highest BCUT2D eigenvalue weighted by atomic mass is 14.2. The molecule has 0 heterocycles. The second kappa shape index (κ2) is 10.4. The van der Waals surface area contributed by atoms with Crippen molar-refractivity contribution < 1.29 is 0 Å². The summed E-state index contributed by atoms with van der Waals surface area (Å²) in [4.78, 5) is 0. The van der Waals surface area contributed by atoms with E-state index in [4.69, 9.17) is 0 Å². The van der Waals surface area contributed by atoms with E-state index in [1.807, 2.05) is 0 Å². The molecule has 6 aromatic rings. The predicted octanol–water partition coefficient (Wildman–Crippen LogP) is 10.6. The maximum Gasteiger partial charge on any atom is -0.00992 e. The summed E-state index contributed by atoms with van der Waals surface area (Å²) < 4.78 is 0. The Kier molecular flexibility index (Phi) is 6.46. The maximum atomic E-state index is 2.32. The van der Waals surface area contributed by atoms with Gasteiger partial charge in [-0.25, -0.2) is 0 Å². The summed E-state index contributed by atoms with van der Waals surface area (Å²) in [6.07, 6.45) is 0. The molecule has 182 valence electrons. The van der Waals surface area contributed by atoms with Crippen molar-refractivity contribution in [1.82, 2.24) is 0 Å². The Balaban J connectivity index is 1.47. The third-order valence-electron chi connectivity index (χ3n) is 7.40. The van der Waals surface area contributed by atoms with Crippen LogP contribution < -0.4 is 0 Å². The molecular formula is C38H30. The number of benzene rings is 6. The van der Waals surface area contributed by atoms with E-state index in [1.54, 1.807) is 0 Å². The van der Waals surface area contributed by atoms with Crippen molar-refractivity contribution in [3.05, 3.63) is 157 Å². The summed E-state index contributed by atoms with van der Waals surface area (Å²) in [6.45, 7) is 4.36. The lowest BCUT2D eigenvalue weighted by Gasteiger charge is -2.16. The first-order valence-electron chi connectivity index (χ1n) is 13.2. The van der Waals surface area contributed by atoms with Gasteiger partial charge in [0, 0.05) is 0 Å². The highest BCUT2D eigenvalue weighted by Crippen LogP contribution is 2.40. The van der Waals surface area contributed by atoms with Gasteiger partial charge in [-0.2, -0.15) is 0 Å². The molecule has 0 nitrogen and oxygen atoms in total. The van der Waals surface area contributed by atoms with Gasteiger partial charge >= 0.3 is 0 Å². The minimum atomic E-state index is 1.23. The molecular weight excluding hydrogens is 456 g/mol. The minimum absolute atomic E-state index is 1.23. The van der Waals surface area contributed by atoms with E-state index >= 15 is 0 Å². The van der Waals surface area contributed by atoms with E-state index in [0.29, 0.717) is 0 Å². The topological polar surface area (TPSA) is 0 Å². The highest BCUT2D eigenvalue weighted by molar-refractivity contribution is 5.93. The molecule has 6 rings (SSSR count). The van der Waals surface area contributed by atoms with Crippen LogP contribution in [0.4, 0.5) is 0 Å². The van der Waals surface area contributed by atoms with Gasteiger partial charge < -0.3 is 0 Å². The van der Waals surface area contributed by atoms with Crippen molar-refractivity contribution in [3.63, 3.8) is 0 Å². The van der Waals surface area contributed by atoms with Gasteiger partial charge in [0.05, 0.1) is 0 Å². The number of rotatable bonds is 5. The average Bonchev–Trinajstić information content (AvgIpc) is 2.98. The molecule has 0 fully saturated rings. The molecule has 0 N–H and O–H groups in total. The Hall–Kier alpha value is -4.68. The van der Waals surface area contributed by atoms with Crippen LogP contribution in [0.25, 0.3) is 55.6 Å². The van der Waals surface area contributed by atoms with Gasteiger partial charge in [-0.15, -0.1) is 0 Å². The van der Waals surface area contributed by atoms with Crippen LogP contribution in [0.15, 0.2) is 146 Å². The van der Waals surface area contributed by atoms with Crippen LogP contribution in [0, 0.1) is 13.8 Å². The smallest absolute Gasteiger partial charge is 0.00992 e. The van der Waals surface area contributed by atoms with Gasteiger partial charge in [-0.1, -0.05) is 133 Å². The second-order valence-electron chi connectivity index (χ2n) is 9.88. The number of hydrogen-bond acceptors (Lipinski definition) is 0. The molecule has 6 aromatic carbocycles. The molecule has 0 radical (unpaired) electrons. The van der Waals surface area contributed by atoms with Crippen LogP contribution in [-0.4, -0.2) is 0 Å². The van der Waals surface area contributed by atoms with Gasteiger partial charge in [0.1, 0.15) is 0 Å². The first-order chi connectivity index (χ1) is 18.7. The summed E-state index contributed by atoms with van der Waals surface area (Å²) >= 11 is 0. The number of hydrogen-bond donors (Lipinski definition) is 0. The summed E-state index contributed by atoms with van der Waals surface area (Å²) in [5.41, 5.74) is 15.0. The first kappa shape index (κ1) is 23.7. The van der Waals surface area contributed by atoms with Gasteiger partial charge in [0.25, 0.3) is 0 Å². The maximum absolute atomic E-state index is 2.32. The fourth-order valence-electron chi connectivity index (χ4n) is 5.44. The molecule has 0 spiro atoms. The Morgan fingerprint density at radius 2 is 0.553 bits per heavy atom. The fourth-order valence-corrected chi connectivity index (χ4v) is 5.44. The zero-order valence-corrected chi connectivity index (χ0v) is 21.9. The summed E-state index contributed by atoms with van der Waals surface area (Å²) in [5.74, 6) is 0. The molecule has 38 heavy (non-hydrogen) atoms. The van der Waals surface area contributed by atoms with Crippen molar-refractivity contribution >= 4 is 0 Å². The first-order valence-corrected chi connectivity index (χ1v) is 13.2. The zero-order chi connectivity index (χ0) is 25.9. The van der Waals surface area contributed by atoms with E-state index in [0.717, 1.165) is 0 Å². The van der Waals surface area contributed by atoms with E-state index in [9.17, 15) is 0 Å². The summed E-state index contributed by atoms with van der Waals surface area (Å²) in [7, 11) is 0. The Bertz CT molecular complexity index is 1610. The molecule has 0 atom stereocenters. The second-order valence-corrected chi connectivity index (χ2v) is 9.88. The van der Waals surface area contributed by atoms with E-state index in [-0.39, 0.29) is 0 Å². The standard InChI is InChI=1S/C38H30/c1-27-13-3-5-19-33(27)29-15-11-17-31(25-29)35-21-7-9-23-37(35)38-24-10-8-22-36(38)32-18-12-16-30(26-32)34-20-6-4-14-28(34)2/h3-26H,1-2H3. The minimum Gasteiger partial charge on any atom is -0.0620 e. The van der Waals surface area contributed by atoms with Crippen LogP contribution >= 0.6 is 0 Å². The SMILES string of the molecule is Cc1ccccc1-c1cccc(-c2ccccc2-c2ccccc2-c2cccc(-c3ccccc3C)c2)c1. The van der Waals surface area contributed by atoms with Crippen molar-refractivity contribution in [3.8, 4) is 55.6 Å². The molecule has 0 heteroatoms. The van der Waals surface area contributed by atoms with Crippen LogP contribution in [-0.2, 0) is 0 Å². The number of aryl methyl sites for hydroxylation is 2. The van der Waals surface area contributed by atoms with Crippen molar-refractivity contribution in [1.29, 1.82) is 0 Å². The Morgan fingerprint density at radius 3 is 0.921 bits per heavy atom. The molecule has 0 aliphatic rings. The van der Waals surface area contributed by atoms with Crippen LogP contribution in [0.5, 0.6) is 0 Å². The molecule has 0 saturated heterocycles. The van der Waals surface area contributed by atoms with E-state index in [2.05, 4.69) is 159 Å². The molecule has 0 amide bonds. The van der Waals surface area contributed by atoms with E-state index < -0.39 is 0 Å². The zero-order valence-electron chi connectivity index (χ0n) is 21.9. The fraction of sp³-hybridized carbons (Fsp3) is 0.0526. The van der Waals surface area contributed by atoms with Crippen molar-refractivity contribution in [2.24, 2.45) is 0 Å². The van der Waals surface area contributed by atoms with Gasteiger partial charge in [-0.3, -0.25) is 0 Å². The van der Waals surface area contributed by atoms with E-state index in [1.165, 1.54) is 66.8 Å². The quantitative estimate of drug-likeness (QED) is 0.227. The van der Waals surface area contributed by atoms with Gasteiger partial charge in [-0.05, 0) is 92.7 Å². The van der Waals surface area contributed by atoms with Crippen LogP contribution in [0.2, 0.25) is 0 Å². The monoisotopic (exact) mass is 486 g/mol. The summed E-state index contributed by atoms with van der Waals surface area (Å²) in [6, 6.07) is 52.6.